The third-order valence-corrected chi connectivity index (χ3v) is 3.67. The molecule has 0 aromatic heterocycles. The molecular formula is C14H18ClNO3. The van der Waals surface area contributed by atoms with Crippen LogP contribution in [0.3, 0.4) is 0 Å². The third-order valence-electron chi connectivity index (χ3n) is 3.39. The molecule has 0 aliphatic heterocycles. The Morgan fingerprint density at radius 2 is 1.95 bits per heavy atom. The van der Waals surface area contributed by atoms with Gasteiger partial charge in [-0.3, -0.25) is 4.79 Å². The van der Waals surface area contributed by atoms with Crippen LogP contribution in [0.5, 0.6) is 11.5 Å². The molecule has 0 radical (unpaired) electrons. The highest BCUT2D eigenvalue weighted by molar-refractivity contribution is 6.32. The molecule has 1 aromatic carbocycles. The van der Waals surface area contributed by atoms with Crippen LogP contribution < -0.4 is 14.8 Å². The van der Waals surface area contributed by atoms with Crippen LogP contribution in [0.2, 0.25) is 5.02 Å². The van der Waals surface area contributed by atoms with Gasteiger partial charge in [-0.25, -0.2) is 0 Å². The van der Waals surface area contributed by atoms with Crippen LogP contribution in [0.4, 0.5) is 0 Å². The van der Waals surface area contributed by atoms with E-state index < -0.39 is 0 Å². The molecule has 0 atom stereocenters. The molecule has 104 valence electrons. The molecule has 0 saturated heterocycles. The highest BCUT2D eigenvalue weighted by Crippen LogP contribution is 2.36. The summed E-state index contributed by atoms with van der Waals surface area (Å²) in [6.07, 6.45) is 4.45. The Hall–Kier alpha value is -1.42. The van der Waals surface area contributed by atoms with Gasteiger partial charge in [-0.2, -0.15) is 0 Å². The molecule has 0 bridgehead atoms. The van der Waals surface area contributed by atoms with Crippen molar-refractivity contribution < 1.29 is 14.3 Å². The van der Waals surface area contributed by atoms with Gasteiger partial charge in [-0.05, 0) is 25.0 Å². The van der Waals surface area contributed by atoms with Gasteiger partial charge in [0.2, 0.25) is 0 Å². The van der Waals surface area contributed by atoms with Crippen molar-refractivity contribution in [3.05, 3.63) is 22.7 Å². The Balaban J connectivity index is 2.19. The molecule has 4 nitrogen and oxygen atoms in total. The van der Waals surface area contributed by atoms with E-state index >= 15 is 0 Å². The molecule has 1 aliphatic rings. The minimum Gasteiger partial charge on any atom is -0.493 e. The third kappa shape index (κ3) is 3.13. The molecule has 1 N–H and O–H groups in total. The summed E-state index contributed by atoms with van der Waals surface area (Å²) in [6, 6.07) is 3.53. The molecule has 0 heterocycles. The van der Waals surface area contributed by atoms with Gasteiger partial charge in [-0.1, -0.05) is 24.4 Å². The van der Waals surface area contributed by atoms with Gasteiger partial charge >= 0.3 is 0 Å². The average Bonchev–Trinajstić information content (AvgIpc) is 2.90. The van der Waals surface area contributed by atoms with E-state index in [4.69, 9.17) is 21.1 Å². The predicted molar refractivity (Wildman–Crippen MR) is 74.3 cm³/mol. The molecule has 0 spiro atoms. The Morgan fingerprint density at radius 1 is 1.26 bits per heavy atom. The molecule has 5 heteroatoms. The number of carbonyl (C=O) groups is 1. The number of hydrogen-bond acceptors (Lipinski definition) is 3. The second kappa shape index (κ2) is 6.15. The Bertz CT molecular complexity index is 470. The minimum absolute atomic E-state index is 0.116. The van der Waals surface area contributed by atoms with E-state index in [1.165, 1.54) is 27.1 Å². The summed E-state index contributed by atoms with van der Waals surface area (Å²) in [4.78, 5) is 12.2. The van der Waals surface area contributed by atoms with Gasteiger partial charge in [0.15, 0.2) is 11.5 Å². The number of carbonyl (C=O) groups excluding carboxylic acids is 1. The zero-order valence-corrected chi connectivity index (χ0v) is 11.9. The van der Waals surface area contributed by atoms with E-state index in [1.807, 2.05) is 0 Å². The lowest BCUT2D eigenvalue weighted by Gasteiger charge is -2.14. The topological polar surface area (TPSA) is 47.6 Å². The number of benzene rings is 1. The van der Waals surface area contributed by atoms with E-state index in [9.17, 15) is 4.79 Å². The van der Waals surface area contributed by atoms with Gasteiger partial charge in [0.25, 0.3) is 5.91 Å². The van der Waals surface area contributed by atoms with E-state index in [0.29, 0.717) is 22.1 Å². The number of ether oxygens (including phenoxy) is 2. The fourth-order valence-corrected chi connectivity index (χ4v) is 2.68. The van der Waals surface area contributed by atoms with Crippen molar-refractivity contribution in [1.82, 2.24) is 5.32 Å². The number of hydrogen-bond donors (Lipinski definition) is 1. The number of nitrogens with one attached hydrogen (secondary N) is 1. The average molecular weight is 284 g/mol. The first-order valence-corrected chi connectivity index (χ1v) is 6.76. The fourth-order valence-electron chi connectivity index (χ4n) is 2.39. The molecule has 19 heavy (non-hydrogen) atoms. The predicted octanol–water partition coefficient (Wildman–Crippen LogP) is 3.03. The lowest BCUT2D eigenvalue weighted by Crippen LogP contribution is -2.32. The minimum atomic E-state index is -0.116. The van der Waals surface area contributed by atoms with Crippen LogP contribution >= 0.6 is 11.6 Å². The molecule has 2 rings (SSSR count). The monoisotopic (exact) mass is 283 g/mol. The second-order valence-electron chi connectivity index (χ2n) is 4.65. The van der Waals surface area contributed by atoms with Gasteiger partial charge in [0, 0.05) is 11.6 Å². The number of rotatable bonds is 4. The normalized spacial score (nSPS) is 15.3. The maximum absolute atomic E-state index is 12.2. The summed E-state index contributed by atoms with van der Waals surface area (Å²) in [5.41, 5.74) is 0.495. The van der Waals surface area contributed by atoms with Crippen molar-refractivity contribution in [2.75, 3.05) is 14.2 Å². The van der Waals surface area contributed by atoms with Gasteiger partial charge in [0.1, 0.15) is 0 Å². The summed E-state index contributed by atoms with van der Waals surface area (Å²) in [7, 11) is 3.04. The van der Waals surface area contributed by atoms with Gasteiger partial charge < -0.3 is 14.8 Å². The van der Waals surface area contributed by atoms with Crippen molar-refractivity contribution in [2.24, 2.45) is 0 Å². The molecule has 1 saturated carbocycles. The van der Waals surface area contributed by atoms with E-state index in [0.717, 1.165) is 12.8 Å². The molecule has 1 fully saturated rings. The first-order valence-electron chi connectivity index (χ1n) is 6.38. The number of halogens is 1. The van der Waals surface area contributed by atoms with Crippen LogP contribution in [0.25, 0.3) is 0 Å². The molecule has 1 amide bonds. The van der Waals surface area contributed by atoms with Crippen molar-refractivity contribution in [3.8, 4) is 11.5 Å². The smallest absolute Gasteiger partial charge is 0.251 e. The van der Waals surface area contributed by atoms with Crippen molar-refractivity contribution >= 4 is 17.5 Å². The van der Waals surface area contributed by atoms with Gasteiger partial charge in [-0.15, -0.1) is 0 Å². The second-order valence-corrected chi connectivity index (χ2v) is 5.06. The van der Waals surface area contributed by atoms with Crippen molar-refractivity contribution in [3.63, 3.8) is 0 Å². The van der Waals surface area contributed by atoms with Crippen LogP contribution in [0.1, 0.15) is 36.0 Å². The lowest BCUT2D eigenvalue weighted by molar-refractivity contribution is 0.0937. The summed E-state index contributed by atoms with van der Waals surface area (Å²) >= 11 is 6.09. The van der Waals surface area contributed by atoms with Crippen LogP contribution in [0.15, 0.2) is 12.1 Å². The zero-order valence-electron chi connectivity index (χ0n) is 11.2. The lowest BCUT2D eigenvalue weighted by atomic mass is 10.1. The summed E-state index contributed by atoms with van der Waals surface area (Å²) < 4.78 is 10.3. The number of methoxy groups -OCH3 is 2. The molecule has 0 unspecified atom stereocenters. The molecule has 1 aliphatic carbocycles. The van der Waals surface area contributed by atoms with E-state index in [2.05, 4.69) is 5.32 Å². The summed E-state index contributed by atoms with van der Waals surface area (Å²) in [6.45, 7) is 0. The van der Waals surface area contributed by atoms with Crippen LogP contribution in [-0.4, -0.2) is 26.2 Å². The van der Waals surface area contributed by atoms with Crippen molar-refractivity contribution in [1.29, 1.82) is 0 Å². The molecular weight excluding hydrogens is 266 g/mol. The molecule has 1 aromatic rings. The Kier molecular flexibility index (Phi) is 4.53. The summed E-state index contributed by atoms with van der Waals surface area (Å²) in [5, 5.41) is 3.39. The maximum Gasteiger partial charge on any atom is 0.251 e. The Labute approximate surface area is 118 Å². The quantitative estimate of drug-likeness (QED) is 0.924. The van der Waals surface area contributed by atoms with E-state index in [1.54, 1.807) is 12.1 Å². The van der Waals surface area contributed by atoms with Crippen molar-refractivity contribution in [2.45, 2.75) is 31.7 Å². The van der Waals surface area contributed by atoms with Crippen LogP contribution in [-0.2, 0) is 0 Å². The first-order chi connectivity index (χ1) is 9.15. The SMILES string of the molecule is COc1cc(C(=O)NC2CCCC2)cc(Cl)c1OC. The first kappa shape index (κ1) is 14.0. The van der Waals surface area contributed by atoms with E-state index in [-0.39, 0.29) is 11.9 Å². The summed E-state index contributed by atoms with van der Waals surface area (Å²) in [5.74, 6) is 0.794. The highest BCUT2D eigenvalue weighted by Gasteiger charge is 2.20. The largest absolute Gasteiger partial charge is 0.493 e. The Morgan fingerprint density at radius 3 is 2.53 bits per heavy atom. The van der Waals surface area contributed by atoms with Gasteiger partial charge in [0.05, 0.1) is 19.2 Å². The maximum atomic E-state index is 12.2. The number of amides is 1. The fraction of sp³-hybridized carbons (Fsp3) is 0.500. The van der Waals surface area contributed by atoms with Crippen LogP contribution in [0, 0.1) is 0 Å². The highest BCUT2D eigenvalue weighted by atomic mass is 35.5. The standard InChI is InChI=1S/C14H18ClNO3/c1-18-12-8-9(7-11(15)13(12)19-2)14(17)16-10-5-3-4-6-10/h7-8,10H,3-6H2,1-2H3,(H,16,17). The zero-order chi connectivity index (χ0) is 13.8.